The van der Waals surface area contributed by atoms with Crippen molar-refractivity contribution >= 4 is 5.96 Å². The first-order valence-electron chi connectivity index (χ1n) is 7.51. The van der Waals surface area contributed by atoms with Crippen molar-refractivity contribution in [1.82, 2.24) is 20.4 Å². The van der Waals surface area contributed by atoms with Crippen LogP contribution in [0.4, 0.5) is 0 Å². The van der Waals surface area contributed by atoms with E-state index < -0.39 is 0 Å². The molecule has 1 aromatic carbocycles. The molecule has 0 saturated carbocycles. The van der Waals surface area contributed by atoms with Gasteiger partial charge in [-0.15, -0.1) is 0 Å². The van der Waals surface area contributed by atoms with E-state index in [0.29, 0.717) is 0 Å². The quantitative estimate of drug-likeness (QED) is 0.672. The number of aliphatic imine (C=N–C) groups is 1. The number of aromatic nitrogens is 2. The highest BCUT2D eigenvalue weighted by Crippen LogP contribution is 2.11. The molecule has 2 rings (SSSR count). The molecule has 0 saturated heterocycles. The molecule has 0 spiro atoms. The maximum atomic E-state index is 4.44. The maximum absolute atomic E-state index is 4.44. The second kappa shape index (κ2) is 7.11. The minimum absolute atomic E-state index is 0.721. The van der Waals surface area contributed by atoms with Crippen LogP contribution in [0.25, 0.3) is 0 Å². The molecule has 0 bridgehead atoms. The van der Waals surface area contributed by atoms with Gasteiger partial charge in [-0.25, -0.2) is 0 Å². The van der Waals surface area contributed by atoms with E-state index in [1.807, 2.05) is 18.7 Å². The molecule has 0 aliphatic rings. The largest absolute Gasteiger partial charge is 0.352 e. The Morgan fingerprint density at radius 1 is 1.14 bits per heavy atom. The molecule has 118 valence electrons. The Morgan fingerprint density at radius 3 is 2.41 bits per heavy atom. The first-order valence-corrected chi connectivity index (χ1v) is 7.51. The number of hydrogen-bond acceptors (Lipinski definition) is 2. The van der Waals surface area contributed by atoms with Gasteiger partial charge in [-0.2, -0.15) is 5.10 Å². The molecule has 0 amide bonds. The van der Waals surface area contributed by atoms with Crippen molar-refractivity contribution in [2.45, 2.75) is 33.9 Å². The van der Waals surface area contributed by atoms with E-state index in [-0.39, 0.29) is 0 Å². The standard InChI is InChI=1S/C17H25N5/c1-12-8-6-7-9-15(12)10-19-17(18-4)20-11-16-13(2)21-22(5)14(16)3/h6-9H,10-11H2,1-5H3,(H2,18,19,20). The van der Waals surface area contributed by atoms with Gasteiger partial charge in [-0.1, -0.05) is 24.3 Å². The van der Waals surface area contributed by atoms with E-state index in [1.54, 1.807) is 7.05 Å². The molecular weight excluding hydrogens is 274 g/mol. The molecule has 0 fully saturated rings. The molecule has 2 aromatic rings. The summed E-state index contributed by atoms with van der Waals surface area (Å²) in [7, 11) is 3.76. The number of nitrogens with one attached hydrogen (secondary N) is 2. The summed E-state index contributed by atoms with van der Waals surface area (Å²) in [4.78, 5) is 4.28. The number of nitrogens with zero attached hydrogens (tertiary/aromatic N) is 3. The molecule has 1 heterocycles. The Balaban J connectivity index is 1.95. The molecule has 5 heteroatoms. The van der Waals surface area contributed by atoms with Gasteiger partial charge in [-0.05, 0) is 31.9 Å². The van der Waals surface area contributed by atoms with Crippen molar-refractivity contribution in [2.24, 2.45) is 12.0 Å². The Labute approximate surface area is 132 Å². The van der Waals surface area contributed by atoms with Gasteiger partial charge in [-0.3, -0.25) is 9.67 Å². The van der Waals surface area contributed by atoms with Crippen molar-refractivity contribution in [3.8, 4) is 0 Å². The molecule has 0 aliphatic carbocycles. The number of aryl methyl sites for hydroxylation is 3. The van der Waals surface area contributed by atoms with Gasteiger partial charge in [0.1, 0.15) is 0 Å². The topological polar surface area (TPSA) is 54.2 Å². The van der Waals surface area contributed by atoms with Gasteiger partial charge in [0.25, 0.3) is 0 Å². The van der Waals surface area contributed by atoms with Crippen LogP contribution in [0.3, 0.4) is 0 Å². The third-order valence-electron chi connectivity index (χ3n) is 4.02. The van der Waals surface area contributed by atoms with Crippen molar-refractivity contribution in [3.05, 3.63) is 52.3 Å². The van der Waals surface area contributed by atoms with E-state index in [9.17, 15) is 0 Å². The smallest absolute Gasteiger partial charge is 0.191 e. The summed E-state index contributed by atoms with van der Waals surface area (Å²) in [6.07, 6.45) is 0. The average molecular weight is 299 g/mol. The third-order valence-corrected chi connectivity index (χ3v) is 4.02. The SMILES string of the molecule is CN=C(NCc1ccccc1C)NCc1c(C)nn(C)c1C. The van der Waals surface area contributed by atoms with Gasteiger partial charge in [0, 0.05) is 38.4 Å². The van der Waals surface area contributed by atoms with Crippen LogP contribution in [0, 0.1) is 20.8 Å². The Morgan fingerprint density at radius 2 is 1.82 bits per heavy atom. The zero-order chi connectivity index (χ0) is 16.1. The summed E-state index contributed by atoms with van der Waals surface area (Å²) in [6.45, 7) is 7.72. The minimum atomic E-state index is 0.721. The van der Waals surface area contributed by atoms with Crippen molar-refractivity contribution in [2.75, 3.05) is 7.05 Å². The Hall–Kier alpha value is -2.30. The van der Waals surface area contributed by atoms with Crippen LogP contribution in [0.2, 0.25) is 0 Å². The van der Waals surface area contributed by atoms with Crippen molar-refractivity contribution < 1.29 is 0 Å². The van der Waals surface area contributed by atoms with Crippen molar-refractivity contribution in [1.29, 1.82) is 0 Å². The van der Waals surface area contributed by atoms with Crippen LogP contribution in [0.15, 0.2) is 29.3 Å². The van der Waals surface area contributed by atoms with Gasteiger partial charge in [0.15, 0.2) is 5.96 Å². The lowest BCUT2D eigenvalue weighted by molar-refractivity contribution is 0.728. The molecule has 2 N–H and O–H groups in total. The monoisotopic (exact) mass is 299 g/mol. The summed E-state index contributed by atoms with van der Waals surface area (Å²) in [5.74, 6) is 0.797. The first-order chi connectivity index (χ1) is 10.5. The van der Waals surface area contributed by atoms with E-state index in [0.717, 1.165) is 24.7 Å². The third kappa shape index (κ3) is 3.67. The fourth-order valence-electron chi connectivity index (χ4n) is 2.45. The molecule has 5 nitrogen and oxygen atoms in total. The molecule has 22 heavy (non-hydrogen) atoms. The predicted molar refractivity (Wildman–Crippen MR) is 90.9 cm³/mol. The fraction of sp³-hybridized carbons (Fsp3) is 0.412. The summed E-state index contributed by atoms with van der Waals surface area (Å²) in [5, 5.41) is 11.1. The Kier molecular flexibility index (Phi) is 5.20. The minimum Gasteiger partial charge on any atom is -0.352 e. The highest BCUT2D eigenvalue weighted by atomic mass is 15.3. The highest BCUT2D eigenvalue weighted by molar-refractivity contribution is 5.79. The summed E-state index contributed by atoms with van der Waals surface area (Å²) in [6, 6.07) is 8.36. The van der Waals surface area contributed by atoms with Crippen LogP contribution in [-0.4, -0.2) is 22.8 Å². The van der Waals surface area contributed by atoms with Crippen LogP contribution in [0.5, 0.6) is 0 Å². The van der Waals surface area contributed by atoms with Crippen LogP contribution in [0.1, 0.15) is 28.1 Å². The fourth-order valence-corrected chi connectivity index (χ4v) is 2.45. The second-order valence-corrected chi connectivity index (χ2v) is 5.48. The molecule has 0 atom stereocenters. The molecule has 0 radical (unpaired) electrons. The number of guanidine groups is 1. The second-order valence-electron chi connectivity index (χ2n) is 5.48. The normalized spacial score (nSPS) is 11.6. The van der Waals surface area contributed by atoms with E-state index in [1.165, 1.54) is 22.4 Å². The molecule has 0 aliphatic heterocycles. The summed E-state index contributed by atoms with van der Waals surface area (Å²) < 4.78 is 1.91. The maximum Gasteiger partial charge on any atom is 0.191 e. The molecule has 1 aromatic heterocycles. The van der Waals surface area contributed by atoms with Crippen LogP contribution in [-0.2, 0) is 20.1 Å². The average Bonchev–Trinajstić information content (AvgIpc) is 2.74. The lowest BCUT2D eigenvalue weighted by Crippen LogP contribution is -2.36. The zero-order valence-corrected chi connectivity index (χ0v) is 14.1. The van der Waals surface area contributed by atoms with Crippen molar-refractivity contribution in [3.63, 3.8) is 0 Å². The number of rotatable bonds is 4. The zero-order valence-electron chi connectivity index (χ0n) is 14.1. The van der Waals surface area contributed by atoms with Gasteiger partial charge in [0.2, 0.25) is 0 Å². The van der Waals surface area contributed by atoms with Crippen LogP contribution >= 0.6 is 0 Å². The first kappa shape index (κ1) is 16.1. The highest BCUT2D eigenvalue weighted by Gasteiger charge is 2.09. The van der Waals surface area contributed by atoms with Gasteiger partial charge in [0.05, 0.1) is 5.69 Å². The number of benzene rings is 1. The van der Waals surface area contributed by atoms with E-state index in [4.69, 9.17) is 0 Å². The molecular formula is C17H25N5. The summed E-state index contributed by atoms with van der Waals surface area (Å²) in [5.41, 5.74) is 6.02. The predicted octanol–water partition coefficient (Wildman–Crippen LogP) is 2.21. The van der Waals surface area contributed by atoms with E-state index >= 15 is 0 Å². The van der Waals surface area contributed by atoms with Gasteiger partial charge < -0.3 is 10.6 Å². The lowest BCUT2D eigenvalue weighted by Gasteiger charge is -2.13. The van der Waals surface area contributed by atoms with Crippen LogP contribution < -0.4 is 10.6 Å². The lowest BCUT2D eigenvalue weighted by atomic mass is 10.1. The van der Waals surface area contributed by atoms with Gasteiger partial charge >= 0.3 is 0 Å². The van der Waals surface area contributed by atoms with E-state index in [2.05, 4.69) is 58.8 Å². The molecule has 0 unspecified atom stereocenters. The Bertz CT molecular complexity index is 670. The summed E-state index contributed by atoms with van der Waals surface area (Å²) >= 11 is 0. The number of hydrogen-bond donors (Lipinski definition) is 2.